The van der Waals surface area contributed by atoms with Gasteiger partial charge < -0.3 is 0 Å². The minimum absolute atomic E-state index is 0.149. The number of imide groups is 2. The van der Waals surface area contributed by atoms with E-state index in [-0.39, 0.29) is 33.4 Å². The van der Waals surface area contributed by atoms with Crippen molar-refractivity contribution in [2.45, 2.75) is 41.0 Å². The van der Waals surface area contributed by atoms with Crippen LogP contribution in [0, 0.1) is 20.8 Å². The SMILES string of the molecule is CC.Cc1ccc(Cc2ccc(C)cc2)cc1.Cc1ccccc1N1C(=O)c2ccc(C(=O)c3ccc4c(c3)C(=O)N(C)C4=O)cc2C1=O. The highest BCUT2D eigenvalue weighted by molar-refractivity contribution is 6.35. The van der Waals surface area contributed by atoms with Crippen molar-refractivity contribution in [2.24, 2.45) is 0 Å². The highest BCUT2D eigenvalue weighted by Crippen LogP contribution is 2.32. The van der Waals surface area contributed by atoms with Crippen LogP contribution in [0.15, 0.2) is 109 Å². The van der Waals surface area contributed by atoms with Crippen molar-refractivity contribution < 1.29 is 24.0 Å². The van der Waals surface area contributed by atoms with Gasteiger partial charge in [0.1, 0.15) is 0 Å². The lowest BCUT2D eigenvalue weighted by Crippen LogP contribution is -2.29. The van der Waals surface area contributed by atoms with Gasteiger partial charge in [0.25, 0.3) is 23.6 Å². The van der Waals surface area contributed by atoms with Gasteiger partial charge in [-0.25, -0.2) is 4.90 Å². The van der Waals surface area contributed by atoms with Gasteiger partial charge in [-0.2, -0.15) is 0 Å². The summed E-state index contributed by atoms with van der Waals surface area (Å²) in [5.74, 6) is -2.24. The van der Waals surface area contributed by atoms with Gasteiger partial charge in [0.2, 0.25) is 0 Å². The maximum Gasteiger partial charge on any atom is 0.266 e. The van der Waals surface area contributed by atoms with E-state index in [0.29, 0.717) is 5.69 Å². The van der Waals surface area contributed by atoms with Crippen LogP contribution < -0.4 is 4.90 Å². The Hall–Kier alpha value is -5.95. The fourth-order valence-electron chi connectivity index (χ4n) is 5.73. The molecule has 7 heteroatoms. The van der Waals surface area contributed by atoms with E-state index in [9.17, 15) is 24.0 Å². The third-order valence-corrected chi connectivity index (χ3v) is 8.51. The third-order valence-electron chi connectivity index (χ3n) is 8.51. The number of fused-ring (bicyclic) bond motifs is 2. The van der Waals surface area contributed by atoms with Gasteiger partial charge in [-0.05, 0) is 74.2 Å². The first-order chi connectivity index (χ1) is 23.5. The molecule has 0 spiro atoms. The number of aryl methyl sites for hydroxylation is 3. The molecule has 49 heavy (non-hydrogen) atoms. The van der Waals surface area contributed by atoms with Crippen LogP contribution in [0.25, 0.3) is 0 Å². The molecule has 0 saturated heterocycles. The van der Waals surface area contributed by atoms with Gasteiger partial charge in [0, 0.05) is 18.2 Å². The van der Waals surface area contributed by atoms with Crippen LogP contribution >= 0.6 is 0 Å². The first-order valence-electron chi connectivity index (χ1n) is 16.2. The number of hydrogen-bond donors (Lipinski definition) is 0. The molecule has 0 unspecified atom stereocenters. The fraction of sp³-hybridized carbons (Fsp3) is 0.167. The molecule has 0 saturated carbocycles. The van der Waals surface area contributed by atoms with Crippen molar-refractivity contribution in [2.75, 3.05) is 11.9 Å². The fourth-order valence-corrected chi connectivity index (χ4v) is 5.73. The van der Waals surface area contributed by atoms with Crippen molar-refractivity contribution in [3.8, 4) is 0 Å². The van der Waals surface area contributed by atoms with Gasteiger partial charge in [0.15, 0.2) is 5.78 Å². The van der Waals surface area contributed by atoms with E-state index in [2.05, 4.69) is 62.4 Å². The number of nitrogens with zero attached hydrogens (tertiary/aromatic N) is 2. The van der Waals surface area contributed by atoms with E-state index in [1.807, 2.05) is 32.9 Å². The topological polar surface area (TPSA) is 91.8 Å². The van der Waals surface area contributed by atoms with Crippen molar-refractivity contribution in [3.63, 3.8) is 0 Å². The minimum Gasteiger partial charge on any atom is -0.289 e. The number of amides is 4. The summed E-state index contributed by atoms with van der Waals surface area (Å²) in [6.45, 7) is 10.1. The van der Waals surface area contributed by atoms with Crippen molar-refractivity contribution in [1.82, 2.24) is 4.90 Å². The van der Waals surface area contributed by atoms with Gasteiger partial charge in [-0.15, -0.1) is 0 Å². The molecule has 2 aliphatic heterocycles. The zero-order valence-corrected chi connectivity index (χ0v) is 28.5. The lowest BCUT2D eigenvalue weighted by molar-refractivity contribution is 0.0692. The summed E-state index contributed by atoms with van der Waals surface area (Å²) >= 11 is 0. The predicted molar refractivity (Wildman–Crippen MR) is 192 cm³/mol. The molecule has 0 fully saturated rings. The average Bonchev–Trinajstić information content (AvgIpc) is 3.50. The number of rotatable bonds is 5. The first kappa shape index (κ1) is 34.4. The van der Waals surface area contributed by atoms with Crippen LogP contribution in [0.1, 0.15) is 99.0 Å². The number of hydrogen-bond acceptors (Lipinski definition) is 5. The summed E-state index contributed by atoms with van der Waals surface area (Å²) in [5.41, 5.74) is 7.90. The molecule has 0 aromatic heterocycles. The highest BCUT2D eigenvalue weighted by atomic mass is 16.2. The number of benzene rings is 5. The van der Waals surface area contributed by atoms with Crippen LogP contribution in [-0.4, -0.2) is 41.4 Å². The third kappa shape index (κ3) is 6.87. The molecule has 7 nitrogen and oxygen atoms in total. The molecule has 0 N–H and O–H groups in total. The number of carbonyl (C=O) groups excluding carboxylic acids is 5. The maximum absolute atomic E-state index is 13.1. The van der Waals surface area contributed by atoms with Crippen molar-refractivity contribution in [1.29, 1.82) is 0 Å². The Morgan fingerprint density at radius 3 is 1.47 bits per heavy atom. The summed E-state index contributed by atoms with van der Waals surface area (Å²) in [5, 5.41) is 0. The molecular weight excluding hydrogens is 612 g/mol. The number of para-hydroxylation sites is 1. The van der Waals surface area contributed by atoms with Gasteiger partial charge in [0.05, 0.1) is 27.9 Å². The Balaban J connectivity index is 0.000000231. The minimum atomic E-state index is -0.495. The van der Waals surface area contributed by atoms with E-state index in [4.69, 9.17) is 0 Å². The second-order valence-electron chi connectivity index (χ2n) is 11.9. The summed E-state index contributed by atoms with van der Waals surface area (Å²) in [7, 11) is 1.38. The highest BCUT2D eigenvalue weighted by Gasteiger charge is 2.38. The molecule has 0 bridgehead atoms. The summed E-state index contributed by atoms with van der Waals surface area (Å²) in [6.07, 6.45) is 1.03. The van der Waals surface area contributed by atoms with E-state index in [1.54, 1.807) is 12.1 Å². The molecule has 0 aliphatic carbocycles. The Morgan fingerprint density at radius 1 is 0.531 bits per heavy atom. The zero-order chi connectivity index (χ0) is 35.4. The Labute approximate surface area is 286 Å². The molecule has 0 radical (unpaired) electrons. The van der Waals surface area contributed by atoms with Gasteiger partial charge in [-0.3, -0.25) is 28.9 Å². The zero-order valence-electron chi connectivity index (χ0n) is 28.5. The molecular formula is C42H38N2O5. The smallest absolute Gasteiger partial charge is 0.266 e. The maximum atomic E-state index is 13.1. The van der Waals surface area contributed by atoms with Crippen LogP contribution in [0.5, 0.6) is 0 Å². The summed E-state index contributed by atoms with van der Waals surface area (Å²) in [4.78, 5) is 65.5. The predicted octanol–water partition coefficient (Wildman–Crippen LogP) is 8.17. The molecule has 5 aromatic carbocycles. The largest absolute Gasteiger partial charge is 0.289 e. The number of anilines is 1. The lowest BCUT2D eigenvalue weighted by atomic mass is 9.96. The number of ketones is 1. The second-order valence-corrected chi connectivity index (χ2v) is 11.9. The molecule has 5 aromatic rings. The molecule has 0 atom stereocenters. The molecule has 2 aliphatic rings. The van der Waals surface area contributed by atoms with Crippen molar-refractivity contribution >= 4 is 35.1 Å². The molecule has 7 rings (SSSR count). The monoisotopic (exact) mass is 650 g/mol. The van der Waals surface area contributed by atoms with E-state index < -0.39 is 29.4 Å². The molecule has 2 heterocycles. The van der Waals surface area contributed by atoms with Crippen LogP contribution in [-0.2, 0) is 6.42 Å². The second kappa shape index (κ2) is 14.4. The summed E-state index contributed by atoms with van der Waals surface area (Å²) in [6, 6.07) is 33.3. The quantitative estimate of drug-likeness (QED) is 0.141. The average molecular weight is 651 g/mol. The van der Waals surface area contributed by atoms with Crippen molar-refractivity contribution in [3.05, 3.63) is 170 Å². The standard InChI is InChI=1S/C25H16N2O5.C15H16.C2H6/c1-13-5-3-4-6-20(13)27-24(31)17-10-8-15(12-19(17)25(27)32)21(28)14-7-9-16-18(11-14)23(30)26(2)22(16)29;1-12-3-7-14(8-4-12)11-15-9-5-13(2)6-10-15;1-2/h3-12H,1-2H3;3-10H,11H2,1-2H3;1-2H3. The first-order valence-corrected chi connectivity index (χ1v) is 16.2. The van der Waals surface area contributed by atoms with Crippen LogP contribution in [0.4, 0.5) is 5.69 Å². The molecule has 246 valence electrons. The van der Waals surface area contributed by atoms with E-state index in [0.717, 1.165) is 21.8 Å². The normalized spacial score (nSPS) is 12.9. The Morgan fingerprint density at radius 2 is 0.959 bits per heavy atom. The Bertz CT molecular complexity index is 2050. The molecule has 4 amide bonds. The van der Waals surface area contributed by atoms with E-state index in [1.165, 1.54) is 65.7 Å². The Kier molecular flexibility index (Phi) is 10.1. The van der Waals surface area contributed by atoms with Crippen LogP contribution in [0.2, 0.25) is 0 Å². The number of carbonyl (C=O) groups is 5. The summed E-state index contributed by atoms with van der Waals surface area (Å²) < 4.78 is 0. The van der Waals surface area contributed by atoms with Gasteiger partial charge >= 0.3 is 0 Å². The van der Waals surface area contributed by atoms with E-state index >= 15 is 0 Å². The van der Waals surface area contributed by atoms with Crippen LogP contribution in [0.3, 0.4) is 0 Å². The van der Waals surface area contributed by atoms with Gasteiger partial charge in [-0.1, -0.05) is 104 Å². The lowest BCUT2D eigenvalue weighted by Gasteiger charge is -2.16.